The Bertz CT molecular complexity index is 650. The standard InChI is InChI=1S/C20H25NO2/c1-14(2)20(17-8-6-5-7-9-17)21-19(22)13-23-18-11-10-15(3)16(4)12-18/h5-12,14,20H,13H2,1-4H3,(H,21,22). The Balaban J connectivity index is 1.95. The van der Waals surface area contributed by atoms with Crippen molar-refractivity contribution in [3.63, 3.8) is 0 Å². The second kappa shape index (κ2) is 7.82. The molecule has 2 rings (SSSR count). The van der Waals surface area contributed by atoms with Gasteiger partial charge in [0.1, 0.15) is 5.75 Å². The lowest BCUT2D eigenvalue weighted by Crippen LogP contribution is -2.35. The van der Waals surface area contributed by atoms with Crippen LogP contribution in [0.5, 0.6) is 5.75 Å². The fourth-order valence-electron chi connectivity index (χ4n) is 2.46. The molecule has 0 spiro atoms. The van der Waals surface area contributed by atoms with Gasteiger partial charge < -0.3 is 10.1 Å². The average molecular weight is 311 g/mol. The van der Waals surface area contributed by atoms with E-state index in [-0.39, 0.29) is 18.6 Å². The number of rotatable bonds is 6. The van der Waals surface area contributed by atoms with Crippen LogP contribution in [-0.4, -0.2) is 12.5 Å². The summed E-state index contributed by atoms with van der Waals surface area (Å²) in [5, 5.41) is 3.07. The van der Waals surface area contributed by atoms with Gasteiger partial charge >= 0.3 is 0 Å². The molecule has 0 aliphatic heterocycles. The Morgan fingerprint density at radius 2 is 1.74 bits per heavy atom. The van der Waals surface area contributed by atoms with Crippen molar-refractivity contribution in [3.05, 3.63) is 65.2 Å². The third kappa shape index (κ3) is 4.85. The molecule has 1 amide bonds. The van der Waals surface area contributed by atoms with Crippen LogP contribution in [0.1, 0.15) is 36.6 Å². The van der Waals surface area contributed by atoms with Gasteiger partial charge in [-0.1, -0.05) is 50.2 Å². The number of amides is 1. The summed E-state index contributed by atoms with van der Waals surface area (Å²) >= 11 is 0. The molecule has 0 aliphatic carbocycles. The van der Waals surface area contributed by atoms with E-state index in [0.29, 0.717) is 5.92 Å². The fourth-order valence-corrected chi connectivity index (χ4v) is 2.46. The number of benzene rings is 2. The summed E-state index contributed by atoms with van der Waals surface area (Å²) in [5.41, 5.74) is 3.49. The molecule has 1 N–H and O–H groups in total. The van der Waals surface area contributed by atoms with Gasteiger partial charge in [-0.2, -0.15) is 0 Å². The third-order valence-corrected chi connectivity index (χ3v) is 3.99. The zero-order valence-corrected chi connectivity index (χ0v) is 14.3. The SMILES string of the molecule is Cc1ccc(OCC(=O)NC(c2ccccc2)C(C)C)cc1C. The highest BCUT2D eigenvalue weighted by atomic mass is 16.5. The molecule has 0 heterocycles. The molecule has 1 unspecified atom stereocenters. The summed E-state index contributed by atoms with van der Waals surface area (Å²) in [7, 11) is 0. The zero-order chi connectivity index (χ0) is 16.8. The van der Waals surface area contributed by atoms with Gasteiger partial charge in [0.25, 0.3) is 5.91 Å². The summed E-state index contributed by atoms with van der Waals surface area (Å²) in [6.07, 6.45) is 0. The van der Waals surface area contributed by atoms with E-state index >= 15 is 0 Å². The van der Waals surface area contributed by atoms with E-state index in [2.05, 4.69) is 26.1 Å². The highest BCUT2D eigenvalue weighted by Crippen LogP contribution is 2.21. The van der Waals surface area contributed by atoms with Crippen molar-refractivity contribution >= 4 is 5.91 Å². The molecule has 122 valence electrons. The first-order valence-electron chi connectivity index (χ1n) is 8.01. The molecular formula is C20H25NO2. The first-order chi connectivity index (χ1) is 11.0. The van der Waals surface area contributed by atoms with Crippen LogP contribution >= 0.6 is 0 Å². The molecule has 0 bridgehead atoms. The Morgan fingerprint density at radius 3 is 2.35 bits per heavy atom. The van der Waals surface area contributed by atoms with Gasteiger partial charge in [0.2, 0.25) is 0 Å². The summed E-state index contributed by atoms with van der Waals surface area (Å²) in [4.78, 5) is 12.2. The van der Waals surface area contributed by atoms with Crippen molar-refractivity contribution in [2.75, 3.05) is 6.61 Å². The van der Waals surface area contributed by atoms with Crippen molar-refractivity contribution in [2.45, 2.75) is 33.7 Å². The number of carbonyl (C=O) groups excluding carboxylic acids is 1. The minimum Gasteiger partial charge on any atom is -0.484 e. The van der Waals surface area contributed by atoms with Crippen LogP contribution in [-0.2, 0) is 4.79 Å². The van der Waals surface area contributed by atoms with Gasteiger partial charge in [-0.3, -0.25) is 4.79 Å². The Morgan fingerprint density at radius 1 is 1.04 bits per heavy atom. The number of nitrogens with one attached hydrogen (secondary N) is 1. The molecule has 0 radical (unpaired) electrons. The van der Waals surface area contributed by atoms with E-state index in [4.69, 9.17) is 4.74 Å². The van der Waals surface area contributed by atoms with Gasteiger partial charge in [0.05, 0.1) is 6.04 Å². The minimum atomic E-state index is -0.106. The van der Waals surface area contributed by atoms with Crippen molar-refractivity contribution in [2.24, 2.45) is 5.92 Å². The van der Waals surface area contributed by atoms with E-state index in [1.807, 2.05) is 55.5 Å². The molecule has 2 aromatic rings. The molecule has 23 heavy (non-hydrogen) atoms. The van der Waals surface area contributed by atoms with Crippen LogP contribution in [0.15, 0.2) is 48.5 Å². The molecule has 3 nitrogen and oxygen atoms in total. The number of carbonyl (C=O) groups is 1. The van der Waals surface area contributed by atoms with Crippen LogP contribution in [0.2, 0.25) is 0 Å². The van der Waals surface area contributed by atoms with Crippen LogP contribution < -0.4 is 10.1 Å². The van der Waals surface area contributed by atoms with Gasteiger partial charge in [0, 0.05) is 0 Å². The average Bonchev–Trinajstić information content (AvgIpc) is 2.54. The van der Waals surface area contributed by atoms with Crippen LogP contribution in [0, 0.1) is 19.8 Å². The fraction of sp³-hybridized carbons (Fsp3) is 0.350. The molecule has 0 aromatic heterocycles. The topological polar surface area (TPSA) is 38.3 Å². The maximum Gasteiger partial charge on any atom is 0.258 e. The highest BCUT2D eigenvalue weighted by Gasteiger charge is 2.18. The van der Waals surface area contributed by atoms with Crippen molar-refractivity contribution in [3.8, 4) is 5.75 Å². The molecule has 3 heteroatoms. The van der Waals surface area contributed by atoms with Crippen LogP contribution in [0.25, 0.3) is 0 Å². The molecule has 2 aromatic carbocycles. The van der Waals surface area contributed by atoms with E-state index in [9.17, 15) is 4.79 Å². The normalized spacial score (nSPS) is 12.0. The van der Waals surface area contributed by atoms with Crippen LogP contribution in [0.4, 0.5) is 0 Å². The van der Waals surface area contributed by atoms with E-state index < -0.39 is 0 Å². The molecule has 0 fully saturated rings. The predicted octanol–water partition coefficient (Wildman–Crippen LogP) is 4.20. The largest absolute Gasteiger partial charge is 0.484 e. The summed E-state index contributed by atoms with van der Waals surface area (Å²) in [5.74, 6) is 0.929. The summed E-state index contributed by atoms with van der Waals surface area (Å²) < 4.78 is 5.61. The van der Waals surface area contributed by atoms with E-state index in [1.165, 1.54) is 5.56 Å². The van der Waals surface area contributed by atoms with Gasteiger partial charge in [-0.05, 0) is 48.6 Å². The van der Waals surface area contributed by atoms with Crippen molar-refractivity contribution < 1.29 is 9.53 Å². The van der Waals surface area contributed by atoms with E-state index in [0.717, 1.165) is 16.9 Å². The number of aryl methyl sites for hydroxylation is 2. The zero-order valence-electron chi connectivity index (χ0n) is 14.3. The number of hydrogen-bond acceptors (Lipinski definition) is 2. The first kappa shape index (κ1) is 17.1. The van der Waals surface area contributed by atoms with Crippen LogP contribution in [0.3, 0.4) is 0 Å². The number of hydrogen-bond donors (Lipinski definition) is 1. The van der Waals surface area contributed by atoms with Gasteiger partial charge in [-0.25, -0.2) is 0 Å². The monoisotopic (exact) mass is 311 g/mol. The summed E-state index contributed by atoms with van der Waals surface area (Å²) in [6.45, 7) is 8.31. The Hall–Kier alpha value is -2.29. The Kier molecular flexibility index (Phi) is 5.80. The maximum absolute atomic E-state index is 12.2. The first-order valence-corrected chi connectivity index (χ1v) is 8.01. The Labute approximate surface area is 138 Å². The minimum absolute atomic E-state index is 0.00736. The molecular weight excluding hydrogens is 286 g/mol. The maximum atomic E-state index is 12.2. The van der Waals surface area contributed by atoms with Crippen molar-refractivity contribution in [1.82, 2.24) is 5.32 Å². The van der Waals surface area contributed by atoms with Gasteiger partial charge in [0.15, 0.2) is 6.61 Å². The quantitative estimate of drug-likeness (QED) is 0.868. The molecule has 0 aliphatic rings. The van der Waals surface area contributed by atoms with E-state index in [1.54, 1.807) is 0 Å². The third-order valence-electron chi connectivity index (χ3n) is 3.99. The molecule has 0 saturated carbocycles. The van der Waals surface area contributed by atoms with Gasteiger partial charge in [-0.15, -0.1) is 0 Å². The summed E-state index contributed by atoms with van der Waals surface area (Å²) in [6, 6.07) is 15.9. The second-order valence-electron chi connectivity index (χ2n) is 6.23. The number of ether oxygens (including phenoxy) is 1. The predicted molar refractivity (Wildman–Crippen MR) is 93.6 cm³/mol. The lowest BCUT2D eigenvalue weighted by atomic mass is 9.96. The highest BCUT2D eigenvalue weighted by molar-refractivity contribution is 5.78. The lowest BCUT2D eigenvalue weighted by Gasteiger charge is -2.23. The lowest BCUT2D eigenvalue weighted by molar-refractivity contribution is -0.124. The van der Waals surface area contributed by atoms with Crippen molar-refractivity contribution in [1.29, 1.82) is 0 Å². The smallest absolute Gasteiger partial charge is 0.258 e. The molecule has 0 saturated heterocycles. The second-order valence-corrected chi connectivity index (χ2v) is 6.23. The molecule has 1 atom stereocenters.